The van der Waals surface area contributed by atoms with Crippen molar-refractivity contribution in [3.05, 3.63) is 23.3 Å². The zero-order chi connectivity index (χ0) is 13.6. The highest BCUT2D eigenvalue weighted by Gasteiger charge is 2.38. The molecule has 0 fully saturated rings. The largest absolute Gasteiger partial charge is 0.0763 e. The van der Waals surface area contributed by atoms with E-state index in [1.165, 1.54) is 5.57 Å². The minimum Gasteiger partial charge on any atom is -0.0763 e. The summed E-state index contributed by atoms with van der Waals surface area (Å²) in [7, 11) is -1.16. The van der Waals surface area contributed by atoms with Crippen LogP contribution in [0.1, 0.15) is 41.5 Å². The molecule has 0 aliphatic heterocycles. The van der Waals surface area contributed by atoms with E-state index in [9.17, 15) is 0 Å². The molecule has 1 atom stereocenters. The third kappa shape index (κ3) is 3.34. The third-order valence-electron chi connectivity index (χ3n) is 3.66. The first-order valence-electron chi connectivity index (χ1n) is 6.78. The van der Waals surface area contributed by atoms with Crippen LogP contribution in [0.5, 0.6) is 0 Å². The van der Waals surface area contributed by atoms with Crippen molar-refractivity contribution in [2.45, 2.75) is 66.7 Å². The normalized spacial score (nSPS) is 22.5. The second-order valence-corrected chi connectivity index (χ2v) is 13.9. The van der Waals surface area contributed by atoms with Crippen LogP contribution in [0.15, 0.2) is 23.3 Å². The van der Waals surface area contributed by atoms with Crippen LogP contribution in [0, 0.1) is 10.8 Å². The summed E-state index contributed by atoms with van der Waals surface area (Å²) >= 11 is 0. The molecule has 17 heavy (non-hydrogen) atoms. The average Bonchev–Trinajstić information content (AvgIpc) is 2.42. The van der Waals surface area contributed by atoms with Gasteiger partial charge in [0.15, 0.2) is 0 Å². The van der Waals surface area contributed by atoms with Crippen molar-refractivity contribution < 1.29 is 0 Å². The summed E-state index contributed by atoms with van der Waals surface area (Å²) in [4.78, 5) is 0. The van der Waals surface area contributed by atoms with E-state index in [0.29, 0.717) is 5.41 Å². The van der Waals surface area contributed by atoms with Crippen molar-refractivity contribution in [2.24, 2.45) is 10.8 Å². The van der Waals surface area contributed by atoms with Crippen molar-refractivity contribution in [3.8, 4) is 0 Å². The smallest absolute Gasteiger partial charge is 0.0562 e. The maximum absolute atomic E-state index is 2.56. The van der Waals surface area contributed by atoms with Gasteiger partial charge in [-0.25, -0.2) is 0 Å². The molecule has 0 spiro atoms. The first-order chi connectivity index (χ1) is 7.33. The van der Waals surface area contributed by atoms with E-state index in [4.69, 9.17) is 0 Å². The molecule has 98 valence electrons. The van der Waals surface area contributed by atoms with E-state index in [-0.39, 0.29) is 5.41 Å². The molecule has 0 radical (unpaired) electrons. The average molecular weight is 251 g/mol. The van der Waals surface area contributed by atoms with Gasteiger partial charge in [0.1, 0.15) is 0 Å². The second-order valence-electron chi connectivity index (χ2n) is 8.57. The SMILES string of the molecule is CC(C)(C)C1=CC([Si](C)(C)C)C(C(C)(C)C)=C1. The molecule has 0 saturated heterocycles. The molecule has 0 bridgehead atoms. The van der Waals surface area contributed by atoms with Gasteiger partial charge in [-0.1, -0.05) is 78.9 Å². The molecule has 1 heteroatoms. The summed E-state index contributed by atoms with van der Waals surface area (Å²) < 4.78 is 0. The van der Waals surface area contributed by atoms with E-state index >= 15 is 0 Å². The Morgan fingerprint density at radius 3 is 1.59 bits per heavy atom. The van der Waals surface area contributed by atoms with Crippen LogP contribution < -0.4 is 0 Å². The molecule has 1 aliphatic rings. The van der Waals surface area contributed by atoms with E-state index < -0.39 is 8.07 Å². The van der Waals surface area contributed by atoms with Gasteiger partial charge in [0.05, 0.1) is 8.07 Å². The number of hydrogen-bond acceptors (Lipinski definition) is 0. The predicted molar refractivity (Wildman–Crippen MR) is 82.2 cm³/mol. The zero-order valence-corrected chi connectivity index (χ0v) is 14.2. The monoisotopic (exact) mass is 250 g/mol. The maximum Gasteiger partial charge on any atom is 0.0562 e. The van der Waals surface area contributed by atoms with Gasteiger partial charge in [-0.05, 0) is 21.9 Å². The Bertz CT molecular complexity index is 350. The lowest BCUT2D eigenvalue weighted by Gasteiger charge is -2.33. The molecule has 0 amide bonds. The lowest BCUT2D eigenvalue weighted by atomic mass is 9.83. The molecule has 0 aromatic carbocycles. The van der Waals surface area contributed by atoms with Crippen molar-refractivity contribution >= 4 is 8.07 Å². The fraction of sp³-hybridized carbons (Fsp3) is 0.750. The van der Waals surface area contributed by atoms with Crippen LogP contribution >= 0.6 is 0 Å². The van der Waals surface area contributed by atoms with E-state index in [2.05, 4.69) is 73.3 Å². The second kappa shape index (κ2) is 4.12. The molecule has 0 aromatic rings. The topological polar surface area (TPSA) is 0 Å². The molecular formula is C16H30Si. The Morgan fingerprint density at radius 2 is 1.35 bits per heavy atom. The van der Waals surface area contributed by atoms with Crippen molar-refractivity contribution in [1.82, 2.24) is 0 Å². The lowest BCUT2D eigenvalue weighted by Crippen LogP contribution is -2.31. The van der Waals surface area contributed by atoms with Crippen LogP contribution in [0.25, 0.3) is 0 Å². The quantitative estimate of drug-likeness (QED) is 0.527. The molecular weight excluding hydrogens is 220 g/mol. The Hall–Kier alpha value is -0.303. The van der Waals surface area contributed by atoms with Crippen molar-refractivity contribution in [2.75, 3.05) is 0 Å². The molecule has 0 nitrogen and oxygen atoms in total. The van der Waals surface area contributed by atoms with Crippen LogP contribution in [-0.4, -0.2) is 8.07 Å². The molecule has 1 aliphatic carbocycles. The first-order valence-corrected chi connectivity index (χ1v) is 10.4. The van der Waals surface area contributed by atoms with E-state index in [1.807, 2.05) is 0 Å². The van der Waals surface area contributed by atoms with Crippen LogP contribution in [0.3, 0.4) is 0 Å². The van der Waals surface area contributed by atoms with Gasteiger partial charge in [0.2, 0.25) is 0 Å². The van der Waals surface area contributed by atoms with Crippen molar-refractivity contribution in [1.29, 1.82) is 0 Å². The van der Waals surface area contributed by atoms with Gasteiger partial charge >= 0.3 is 0 Å². The van der Waals surface area contributed by atoms with Crippen LogP contribution in [-0.2, 0) is 0 Å². The first kappa shape index (κ1) is 14.8. The number of hydrogen-bond donors (Lipinski definition) is 0. The summed E-state index contributed by atoms with van der Waals surface area (Å²) in [6, 6.07) is 0. The number of allylic oxidation sites excluding steroid dienone is 4. The highest BCUT2D eigenvalue weighted by Crippen LogP contribution is 2.49. The fourth-order valence-electron chi connectivity index (χ4n) is 2.44. The van der Waals surface area contributed by atoms with Gasteiger partial charge in [-0.15, -0.1) is 0 Å². The minimum atomic E-state index is -1.16. The predicted octanol–water partition coefficient (Wildman–Crippen LogP) is 5.65. The van der Waals surface area contributed by atoms with Crippen LogP contribution in [0.2, 0.25) is 25.2 Å². The van der Waals surface area contributed by atoms with Crippen molar-refractivity contribution in [3.63, 3.8) is 0 Å². The van der Waals surface area contributed by atoms with Gasteiger partial charge in [-0.2, -0.15) is 0 Å². The molecule has 1 rings (SSSR count). The maximum atomic E-state index is 2.56. The van der Waals surface area contributed by atoms with Gasteiger partial charge in [-0.3, -0.25) is 0 Å². The Balaban J connectivity index is 3.22. The van der Waals surface area contributed by atoms with Gasteiger partial charge in [0, 0.05) is 0 Å². The lowest BCUT2D eigenvalue weighted by molar-refractivity contribution is 0.492. The van der Waals surface area contributed by atoms with Gasteiger partial charge < -0.3 is 0 Å². The Labute approximate surface area is 109 Å². The molecule has 0 heterocycles. The van der Waals surface area contributed by atoms with E-state index in [0.717, 1.165) is 5.54 Å². The fourth-order valence-corrected chi connectivity index (χ4v) is 4.57. The minimum absolute atomic E-state index is 0.283. The highest BCUT2D eigenvalue weighted by atomic mass is 28.3. The number of rotatable bonds is 1. The van der Waals surface area contributed by atoms with Gasteiger partial charge in [0.25, 0.3) is 0 Å². The summed E-state index contributed by atoms with van der Waals surface area (Å²) in [6.07, 6.45) is 5.05. The summed E-state index contributed by atoms with van der Waals surface area (Å²) in [6.45, 7) is 21.5. The zero-order valence-electron chi connectivity index (χ0n) is 13.2. The molecule has 0 aromatic heterocycles. The Morgan fingerprint density at radius 1 is 0.882 bits per heavy atom. The van der Waals surface area contributed by atoms with Crippen LogP contribution in [0.4, 0.5) is 0 Å². The summed E-state index contributed by atoms with van der Waals surface area (Å²) in [5.74, 6) is 0. The third-order valence-corrected chi connectivity index (χ3v) is 6.00. The molecule has 1 unspecified atom stereocenters. The summed E-state index contributed by atoms with van der Waals surface area (Å²) in [5.41, 5.74) is 4.49. The standard InChI is InChI=1S/C16H30Si/c1-15(2,3)12-10-13(16(4,5)6)14(11-12)17(7,8)9/h10-11,14H,1-9H3. The molecule has 0 saturated carbocycles. The Kier molecular flexibility index (Phi) is 3.57. The molecule has 0 N–H and O–H groups in total. The highest BCUT2D eigenvalue weighted by molar-refractivity contribution is 6.78. The van der Waals surface area contributed by atoms with E-state index in [1.54, 1.807) is 5.57 Å². The summed E-state index contributed by atoms with van der Waals surface area (Å²) in [5, 5.41) is 0.